The molecule has 130 valence electrons. The Morgan fingerprint density at radius 3 is 2.36 bits per heavy atom. The molecular weight excluding hydrogens is 332 g/mol. The average Bonchev–Trinajstić information content (AvgIpc) is 2.61. The van der Waals surface area contributed by atoms with Crippen molar-refractivity contribution in [1.29, 1.82) is 0 Å². The molecule has 2 rings (SSSR count). The van der Waals surface area contributed by atoms with E-state index in [2.05, 4.69) is 31.1 Å². The van der Waals surface area contributed by atoms with E-state index in [4.69, 9.17) is 17.0 Å². The highest BCUT2D eigenvalue weighted by molar-refractivity contribution is 7.80. The quantitative estimate of drug-likeness (QED) is 0.592. The van der Waals surface area contributed by atoms with Crippen molar-refractivity contribution >= 4 is 28.9 Å². The third-order valence-corrected chi connectivity index (χ3v) is 3.75. The van der Waals surface area contributed by atoms with Crippen LogP contribution in [0.1, 0.15) is 35.7 Å². The summed E-state index contributed by atoms with van der Waals surface area (Å²) in [5, 5.41) is 5.91. The fourth-order valence-electron chi connectivity index (χ4n) is 2.15. The number of thiocarbonyl (C=S) groups is 1. The van der Waals surface area contributed by atoms with Crippen LogP contribution in [0.5, 0.6) is 5.75 Å². The van der Waals surface area contributed by atoms with E-state index in [0.29, 0.717) is 18.1 Å². The highest BCUT2D eigenvalue weighted by Crippen LogP contribution is 2.16. The van der Waals surface area contributed by atoms with Gasteiger partial charge in [0.15, 0.2) is 5.11 Å². The summed E-state index contributed by atoms with van der Waals surface area (Å²) in [5.41, 5.74) is 2.53. The normalized spacial score (nSPS) is 10.2. The lowest BCUT2D eigenvalue weighted by atomic mass is 10.0. The van der Waals surface area contributed by atoms with Gasteiger partial charge in [-0.25, -0.2) is 0 Å². The standard InChI is InChI=1S/C20H22N2O2S/c1-4-13-24-18-11-9-17(10-12-18)21-20(25)22-19(23)16-7-5-15(6-8-16)14(2)3/h4-12,14H,1,13H2,2-3H3,(H2,21,22,23,25). The summed E-state index contributed by atoms with van der Waals surface area (Å²) >= 11 is 5.19. The first-order chi connectivity index (χ1) is 12.0. The van der Waals surface area contributed by atoms with Crippen molar-refractivity contribution in [2.75, 3.05) is 11.9 Å². The van der Waals surface area contributed by atoms with E-state index in [1.807, 2.05) is 36.4 Å². The number of benzene rings is 2. The van der Waals surface area contributed by atoms with Crippen LogP contribution in [0.2, 0.25) is 0 Å². The molecule has 0 aliphatic carbocycles. The molecule has 0 bridgehead atoms. The van der Waals surface area contributed by atoms with E-state index in [1.165, 1.54) is 5.56 Å². The fraction of sp³-hybridized carbons (Fsp3) is 0.200. The number of rotatable bonds is 6. The van der Waals surface area contributed by atoms with Crippen molar-refractivity contribution in [2.45, 2.75) is 19.8 Å². The third-order valence-electron chi connectivity index (χ3n) is 3.55. The van der Waals surface area contributed by atoms with Gasteiger partial charge in [0.2, 0.25) is 0 Å². The summed E-state index contributed by atoms with van der Waals surface area (Å²) in [6.45, 7) is 8.28. The molecule has 0 aliphatic rings. The van der Waals surface area contributed by atoms with Crippen LogP contribution in [0.3, 0.4) is 0 Å². The molecule has 0 unspecified atom stereocenters. The second-order valence-corrected chi connectivity index (χ2v) is 6.22. The third kappa shape index (κ3) is 5.72. The lowest BCUT2D eigenvalue weighted by Crippen LogP contribution is -2.34. The Balaban J connectivity index is 1.90. The van der Waals surface area contributed by atoms with E-state index in [0.717, 1.165) is 11.4 Å². The minimum atomic E-state index is -0.237. The molecule has 5 heteroatoms. The molecule has 2 aromatic carbocycles. The molecule has 0 heterocycles. The molecule has 4 nitrogen and oxygen atoms in total. The molecular formula is C20H22N2O2S. The molecule has 2 aromatic rings. The van der Waals surface area contributed by atoms with Crippen molar-refractivity contribution < 1.29 is 9.53 Å². The number of hydrogen-bond acceptors (Lipinski definition) is 3. The Labute approximate surface area is 153 Å². The monoisotopic (exact) mass is 354 g/mol. The van der Waals surface area contributed by atoms with Crippen LogP contribution < -0.4 is 15.4 Å². The van der Waals surface area contributed by atoms with Gasteiger partial charge in [-0.2, -0.15) is 0 Å². The maximum absolute atomic E-state index is 12.2. The van der Waals surface area contributed by atoms with Crippen molar-refractivity contribution in [1.82, 2.24) is 5.32 Å². The second kappa shape index (κ2) is 8.99. The zero-order chi connectivity index (χ0) is 18.2. The molecule has 25 heavy (non-hydrogen) atoms. The van der Waals surface area contributed by atoms with E-state index in [1.54, 1.807) is 18.2 Å². The van der Waals surface area contributed by atoms with Gasteiger partial charge in [0, 0.05) is 11.3 Å². The lowest BCUT2D eigenvalue weighted by Gasteiger charge is -2.11. The summed E-state index contributed by atoms with van der Waals surface area (Å²) in [5.74, 6) is 0.933. The van der Waals surface area contributed by atoms with E-state index in [-0.39, 0.29) is 11.0 Å². The van der Waals surface area contributed by atoms with Crippen LogP contribution >= 0.6 is 12.2 Å². The number of hydrogen-bond donors (Lipinski definition) is 2. The summed E-state index contributed by atoms with van der Waals surface area (Å²) < 4.78 is 5.42. The highest BCUT2D eigenvalue weighted by Gasteiger charge is 2.09. The maximum Gasteiger partial charge on any atom is 0.257 e. The predicted molar refractivity (Wildman–Crippen MR) is 106 cm³/mol. The van der Waals surface area contributed by atoms with Crippen LogP contribution in [0.15, 0.2) is 61.2 Å². The van der Waals surface area contributed by atoms with Crippen molar-refractivity contribution in [2.24, 2.45) is 0 Å². The Kier molecular flexibility index (Phi) is 6.71. The average molecular weight is 354 g/mol. The molecule has 0 aliphatic heterocycles. The van der Waals surface area contributed by atoms with E-state index < -0.39 is 0 Å². The zero-order valence-electron chi connectivity index (χ0n) is 14.4. The lowest BCUT2D eigenvalue weighted by molar-refractivity contribution is 0.0977. The minimum Gasteiger partial charge on any atom is -0.490 e. The summed E-state index contributed by atoms with van der Waals surface area (Å²) in [6, 6.07) is 14.8. The first kappa shape index (κ1) is 18.7. The molecule has 0 aromatic heterocycles. The summed E-state index contributed by atoms with van der Waals surface area (Å²) in [7, 11) is 0. The van der Waals surface area contributed by atoms with Gasteiger partial charge in [-0.15, -0.1) is 0 Å². The summed E-state index contributed by atoms with van der Waals surface area (Å²) in [6.07, 6.45) is 1.69. The second-order valence-electron chi connectivity index (χ2n) is 5.81. The maximum atomic E-state index is 12.2. The zero-order valence-corrected chi connectivity index (χ0v) is 15.2. The van der Waals surface area contributed by atoms with Crippen molar-refractivity contribution in [3.8, 4) is 5.75 Å². The van der Waals surface area contributed by atoms with Crippen LogP contribution in [-0.2, 0) is 0 Å². The van der Waals surface area contributed by atoms with Crippen LogP contribution in [0.4, 0.5) is 5.69 Å². The number of anilines is 1. The first-order valence-corrected chi connectivity index (χ1v) is 8.46. The molecule has 0 atom stereocenters. The van der Waals surface area contributed by atoms with Crippen LogP contribution in [-0.4, -0.2) is 17.6 Å². The number of amides is 1. The number of carbonyl (C=O) groups excluding carboxylic acids is 1. The van der Waals surface area contributed by atoms with Gasteiger partial charge in [0.25, 0.3) is 5.91 Å². The largest absolute Gasteiger partial charge is 0.490 e. The fourth-order valence-corrected chi connectivity index (χ4v) is 2.36. The van der Waals surface area contributed by atoms with Crippen molar-refractivity contribution in [3.63, 3.8) is 0 Å². The van der Waals surface area contributed by atoms with Gasteiger partial charge in [0.05, 0.1) is 0 Å². The van der Waals surface area contributed by atoms with Gasteiger partial charge in [-0.05, 0) is 60.1 Å². The van der Waals surface area contributed by atoms with Gasteiger partial charge >= 0.3 is 0 Å². The van der Waals surface area contributed by atoms with E-state index in [9.17, 15) is 4.79 Å². The Morgan fingerprint density at radius 2 is 1.80 bits per heavy atom. The van der Waals surface area contributed by atoms with Crippen LogP contribution in [0, 0.1) is 0 Å². The van der Waals surface area contributed by atoms with Gasteiger partial charge in [-0.3, -0.25) is 10.1 Å². The van der Waals surface area contributed by atoms with Crippen molar-refractivity contribution in [3.05, 3.63) is 72.3 Å². The first-order valence-electron chi connectivity index (χ1n) is 8.05. The molecule has 0 fully saturated rings. The molecule has 0 saturated carbocycles. The topological polar surface area (TPSA) is 50.4 Å². The Bertz CT molecular complexity index is 737. The number of nitrogens with one attached hydrogen (secondary N) is 2. The molecule has 1 amide bonds. The highest BCUT2D eigenvalue weighted by atomic mass is 32.1. The summed E-state index contributed by atoms with van der Waals surface area (Å²) in [4.78, 5) is 12.2. The Morgan fingerprint density at radius 1 is 1.16 bits per heavy atom. The number of carbonyl (C=O) groups is 1. The Hall–Kier alpha value is -2.66. The minimum absolute atomic E-state index is 0.237. The molecule has 0 spiro atoms. The van der Waals surface area contributed by atoms with Crippen LogP contribution in [0.25, 0.3) is 0 Å². The van der Waals surface area contributed by atoms with Gasteiger partial charge in [-0.1, -0.05) is 38.6 Å². The molecule has 2 N–H and O–H groups in total. The number of ether oxygens (including phenoxy) is 1. The molecule has 0 saturated heterocycles. The smallest absolute Gasteiger partial charge is 0.257 e. The van der Waals surface area contributed by atoms with Gasteiger partial charge < -0.3 is 10.1 Å². The van der Waals surface area contributed by atoms with Gasteiger partial charge in [0.1, 0.15) is 12.4 Å². The SMILES string of the molecule is C=CCOc1ccc(NC(=S)NC(=O)c2ccc(C(C)C)cc2)cc1. The van der Waals surface area contributed by atoms with E-state index >= 15 is 0 Å². The predicted octanol–water partition coefficient (Wildman–Crippen LogP) is 4.50. The molecule has 0 radical (unpaired) electrons.